The number of nitrogens with zero attached hydrogens (tertiary/aromatic N) is 3. The Morgan fingerprint density at radius 2 is 2.00 bits per heavy atom. The van der Waals surface area contributed by atoms with Gasteiger partial charge >= 0.3 is 0 Å². The van der Waals surface area contributed by atoms with Crippen LogP contribution in [0.25, 0.3) is 11.5 Å². The molecule has 5 nitrogen and oxygen atoms in total. The van der Waals surface area contributed by atoms with E-state index in [0.717, 1.165) is 31.0 Å². The largest absolute Gasteiger partial charge is 0.421 e. The van der Waals surface area contributed by atoms with Gasteiger partial charge in [0.15, 0.2) is 0 Å². The highest BCUT2D eigenvalue weighted by Crippen LogP contribution is 2.30. The summed E-state index contributed by atoms with van der Waals surface area (Å²) >= 11 is 0. The van der Waals surface area contributed by atoms with Crippen LogP contribution in [-0.2, 0) is 11.2 Å². The van der Waals surface area contributed by atoms with E-state index in [-0.39, 0.29) is 5.91 Å². The molecule has 1 amide bonds. The third-order valence-corrected chi connectivity index (χ3v) is 4.34. The Kier molecular flexibility index (Phi) is 5.28. The van der Waals surface area contributed by atoms with Crippen LogP contribution in [0.15, 0.2) is 28.7 Å². The monoisotopic (exact) mass is 327 g/mol. The Morgan fingerprint density at radius 1 is 1.25 bits per heavy atom. The van der Waals surface area contributed by atoms with E-state index in [4.69, 9.17) is 4.42 Å². The Bertz CT molecular complexity index is 674. The zero-order chi connectivity index (χ0) is 16.9. The number of hydrogen-bond donors (Lipinski definition) is 0. The van der Waals surface area contributed by atoms with Crippen LogP contribution in [0.2, 0.25) is 0 Å². The first-order chi connectivity index (χ1) is 11.7. The van der Waals surface area contributed by atoms with Crippen molar-refractivity contribution in [3.63, 3.8) is 0 Å². The maximum Gasteiger partial charge on any atom is 0.247 e. The van der Waals surface area contributed by atoms with Crippen molar-refractivity contribution in [2.45, 2.75) is 46.0 Å². The fourth-order valence-electron chi connectivity index (χ4n) is 2.74. The van der Waals surface area contributed by atoms with Crippen LogP contribution < -0.4 is 0 Å². The minimum atomic E-state index is 0.193. The molecule has 0 N–H and O–H groups in total. The van der Waals surface area contributed by atoms with Crippen molar-refractivity contribution in [3.8, 4) is 11.5 Å². The summed E-state index contributed by atoms with van der Waals surface area (Å²) in [6.07, 6.45) is 4.45. The molecule has 1 fully saturated rings. The Morgan fingerprint density at radius 3 is 2.67 bits per heavy atom. The molecule has 0 atom stereocenters. The lowest BCUT2D eigenvalue weighted by molar-refractivity contribution is -0.131. The molecule has 1 saturated carbocycles. The van der Waals surface area contributed by atoms with Crippen molar-refractivity contribution in [1.82, 2.24) is 15.1 Å². The molecule has 0 spiro atoms. The van der Waals surface area contributed by atoms with Gasteiger partial charge < -0.3 is 9.32 Å². The van der Waals surface area contributed by atoms with Crippen molar-refractivity contribution in [2.24, 2.45) is 5.92 Å². The zero-order valence-electron chi connectivity index (χ0n) is 14.5. The number of aryl methyl sites for hydroxylation is 2. The van der Waals surface area contributed by atoms with E-state index in [2.05, 4.69) is 17.1 Å². The van der Waals surface area contributed by atoms with E-state index in [1.807, 2.05) is 36.1 Å². The van der Waals surface area contributed by atoms with Gasteiger partial charge in [-0.2, -0.15) is 0 Å². The average Bonchev–Trinajstić information content (AvgIpc) is 3.28. The zero-order valence-corrected chi connectivity index (χ0v) is 14.5. The number of carbonyl (C=O) groups excluding carboxylic acids is 1. The number of aromatic nitrogens is 2. The molecule has 1 aliphatic rings. The van der Waals surface area contributed by atoms with Crippen molar-refractivity contribution in [3.05, 3.63) is 35.7 Å². The molecule has 1 aromatic carbocycles. The van der Waals surface area contributed by atoms with Crippen molar-refractivity contribution in [2.75, 3.05) is 13.1 Å². The first-order valence-corrected chi connectivity index (χ1v) is 8.83. The summed E-state index contributed by atoms with van der Waals surface area (Å²) < 4.78 is 5.70. The Labute approximate surface area is 143 Å². The maximum absolute atomic E-state index is 12.4. The number of amides is 1. The smallest absolute Gasteiger partial charge is 0.247 e. The lowest BCUT2D eigenvalue weighted by atomic mass is 10.1. The minimum Gasteiger partial charge on any atom is -0.421 e. The summed E-state index contributed by atoms with van der Waals surface area (Å²) in [6.45, 7) is 5.90. The average molecular weight is 327 g/mol. The quantitative estimate of drug-likeness (QED) is 0.743. The SMILES string of the molecule is CCCN(CC1CC1)C(=O)CCc1nnc(-c2ccc(C)cc2)o1. The molecule has 0 bridgehead atoms. The molecular formula is C19H25N3O2. The summed E-state index contributed by atoms with van der Waals surface area (Å²) in [5.74, 6) is 1.96. The van der Waals surface area contributed by atoms with E-state index in [1.54, 1.807) is 0 Å². The molecule has 1 heterocycles. The molecule has 0 saturated heterocycles. The lowest BCUT2D eigenvalue weighted by Gasteiger charge is -2.21. The maximum atomic E-state index is 12.4. The van der Waals surface area contributed by atoms with Crippen LogP contribution in [-0.4, -0.2) is 34.1 Å². The van der Waals surface area contributed by atoms with Crippen LogP contribution in [0.1, 0.15) is 44.1 Å². The predicted octanol–water partition coefficient (Wildman–Crippen LogP) is 3.63. The standard InChI is InChI=1S/C19H25N3O2/c1-3-12-22(13-15-6-7-15)18(23)11-10-17-20-21-19(24-17)16-8-4-14(2)5-9-16/h4-5,8-9,15H,3,6-7,10-13H2,1-2H3. The number of benzene rings is 1. The van der Waals surface area contributed by atoms with Gasteiger partial charge in [0.25, 0.3) is 0 Å². The van der Waals surface area contributed by atoms with E-state index >= 15 is 0 Å². The molecule has 3 rings (SSSR count). The molecule has 128 valence electrons. The van der Waals surface area contributed by atoms with Gasteiger partial charge in [0.05, 0.1) is 0 Å². The van der Waals surface area contributed by atoms with Gasteiger partial charge in [0.2, 0.25) is 17.7 Å². The highest BCUT2D eigenvalue weighted by Gasteiger charge is 2.26. The second kappa shape index (κ2) is 7.60. The molecule has 0 radical (unpaired) electrons. The second-order valence-electron chi connectivity index (χ2n) is 6.65. The highest BCUT2D eigenvalue weighted by molar-refractivity contribution is 5.76. The third kappa shape index (κ3) is 4.43. The molecule has 1 aliphatic carbocycles. The first-order valence-electron chi connectivity index (χ1n) is 8.83. The highest BCUT2D eigenvalue weighted by atomic mass is 16.4. The summed E-state index contributed by atoms with van der Waals surface area (Å²) in [4.78, 5) is 14.4. The summed E-state index contributed by atoms with van der Waals surface area (Å²) in [5.41, 5.74) is 2.10. The van der Waals surface area contributed by atoms with Gasteiger partial charge in [-0.05, 0) is 44.2 Å². The molecule has 24 heavy (non-hydrogen) atoms. The van der Waals surface area contributed by atoms with Crippen LogP contribution in [0, 0.1) is 12.8 Å². The summed E-state index contributed by atoms with van der Waals surface area (Å²) in [5, 5.41) is 8.17. The van der Waals surface area contributed by atoms with Crippen LogP contribution >= 0.6 is 0 Å². The fraction of sp³-hybridized carbons (Fsp3) is 0.526. The fourth-order valence-corrected chi connectivity index (χ4v) is 2.74. The van der Waals surface area contributed by atoms with Crippen LogP contribution in [0.4, 0.5) is 0 Å². The van der Waals surface area contributed by atoms with Gasteiger partial charge in [-0.15, -0.1) is 10.2 Å². The molecule has 1 aromatic heterocycles. The van der Waals surface area contributed by atoms with E-state index in [0.29, 0.717) is 24.6 Å². The van der Waals surface area contributed by atoms with E-state index in [9.17, 15) is 4.79 Å². The molecule has 0 aliphatic heterocycles. The molecule has 0 unspecified atom stereocenters. The Balaban J connectivity index is 1.56. The van der Waals surface area contributed by atoms with Crippen LogP contribution in [0.5, 0.6) is 0 Å². The van der Waals surface area contributed by atoms with Crippen molar-refractivity contribution < 1.29 is 9.21 Å². The van der Waals surface area contributed by atoms with E-state index in [1.165, 1.54) is 18.4 Å². The normalized spacial score (nSPS) is 13.9. The van der Waals surface area contributed by atoms with E-state index < -0.39 is 0 Å². The third-order valence-electron chi connectivity index (χ3n) is 4.34. The van der Waals surface area contributed by atoms with Gasteiger partial charge in [0.1, 0.15) is 0 Å². The number of rotatable bonds is 8. The van der Waals surface area contributed by atoms with Crippen molar-refractivity contribution >= 4 is 5.91 Å². The molecule has 2 aromatic rings. The van der Waals surface area contributed by atoms with Gasteiger partial charge in [-0.3, -0.25) is 4.79 Å². The second-order valence-corrected chi connectivity index (χ2v) is 6.65. The molecular weight excluding hydrogens is 302 g/mol. The molecule has 5 heteroatoms. The minimum absolute atomic E-state index is 0.193. The Hall–Kier alpha value is -2.17. The van der Waals surface area contributed by atoms with Gasteiger partial charge in [-0.1, -0.05) is 24.6 Å². The van der Waals surface area contributed by atoms with Crippen LogP contribution in [0.3, 0.4) is 0 Å². The topological polar surface area (TPSA) is 59.2 Å². The summed E-state index contributed by atoms with van der Waals surface area (Å²) in [6, 6.07) is 7.97. The number of carbonyl (C=O) groups is 1. The summed E-state index contributed by atoms with van der Waals surface area (Å²) in [7, 11) is 0. The first kappa shape index (κ1) is 16.7. The van der Waals surface area contributed by atoms with Crippen molar-refractivity contribution in [1.29, 1.82) is 0 Å². The lowest BCUT2D eigenvalue weighted by Crippen LogP contribution is -2.33. The predicted molar refractivity (Wildman–Crippen MR) is 92.4 cm³/mol. The number of hydrogen-bond acceptors (Lipinski definition) is 4. The van der Waals surface area contributed by atoms with Gasteiger partial charge in [0, 0.05) is 31.5 Å². The van der Waals surface area contributed by atoms with Gasteiger partial charge in [-0.25, -0.2) is 0 Å².